The minimum atomic E-state index is -0.259. The molecule has 0 unspecified atom stereocenters. The number of rotatable bonds is 4. The van der Waals surface area contributed by atoms with Crippen molar-refractivity contribution < 1.29 is 9.59 Å². The summed E-state index contributed by atoms with van der Waals surface area (Å²) in [4.78, 5) is 22.2. The van der Waals surface area contributed by atoms with Gasteiger partial charge in [0.25, 0.3) is 0 Å². The molecule has 1 heterocycles. The summed E-state index contributed by atoms with van der Waals surface area (Å²) in [5.74, 6) is -0.259. The molecule has 0 spiro atoms. The molecule has 0 aliphatic heterocycles. The van der Waals surface area contributed by atoms with Gasteiger partial charge in [-0.15, -0.1) is 5.10 Å². The van der Waals surface area contributed by atoms with Crippen molar-refractivity contribution in [3.05, 3.63) is 39.0 Å². The molecule has 1 N–H and O–H groups in total. The molecule has 2 aromatic rings. The number of carbonyl (C=O) groups excluding carboxylic acids is 2. The van der Waals surface area contributed by atoms with Crippen molar-refractivity contribution >= 4 is 49.7 Å². The van der Waals surface area contributed by atoms with E-state index >= 15 is 0 Å². The first kappa shape index (κ1) is 13.9. The molecule has 0 aliphatic rings. The van der Waals surface area contributed by atoms with Gasteiger partial charge in [-0.05, 0) is 34.1 Å². The first-order valence-electron chi connectivity index (χ1n) is 5.18. The van der Waals surface area contributed by atoms with E-state index in [0.29, 0.717) is 12.0 Å². The Morgan fingerprint density at radius 2 is 2.21 bits per heavy atom. The van der Waals surface area contributed by atoms with Crippen LogP contribution in [-0.2, 0) is 11.3 Å². The Hall–Kier alpha value is -1.54. The molecule has 98 valence electrons. The molecule has 8 heteroatoms. The maximum absolute atomic E-state index is 11.8. The Kier molecular flexibility index (Phi) is 4.43. The van der Waals surface area contributed by atoms with Gasteiger partial charge in [0.05, 0.1) is 11.9 Å². The molecule has 1 amide bonds. The summed E-state index contributed by atoms with van der Waals surface area (Å²) in [6.07, 6.45) is 1.98. The summed E-state index contributed by atoms with van der Waals surface area (Å²) >= 11 is 6.68. The fraction of sp³-hybridized carbons (Fsp3) is 0.0909. The van der Waals surface area contributed by atoms with Gasteiger partial charge in [-0.1, -0.05) is 21.1 Å². The van der Waals surface area contributed by atoms with E-state index in [1.54, 1.807) is 6.07 Å². The highest BCUT2D eigenvalue weighted by Gasteiger charge is 2.08. The molecule has 0 atom stereocenters. The molecule has 0 saturated carbocycles. The summed E-state index contributed by atoms with van der Waals surface area (Å²) in [6.45, 7) is -0.0106. The van der Waals surface area contributed by atoms with Gasteiger partial charge in [0, 0.05) is 8.95 Å². The highest BCUT2D eigenvalue weighted by molar-refractivity contribution is 9.11. The quantitative estimate of drug-likeness (QED) is 0.816. The van der Waals surface area contributed by atoms with Crippen molar-refractivity contribution in [3.8, 4) is 0 Å². The van der Waals surface area contributed by atoms with Crippen LogP contribution in [0.2, 0.25) is 0 Å². The van der Waals surface area contributed by atoms with Gasteiger partial charge in [0.15, 0.2) is 6.29 Å². The van der Waals surface area contributed by atoms with Crippen molar-refractivity contribution in [2.75, 3.05) is 5.32 Å². The lowest BCUT2D eigenvalue weighted by atomic mass is 10.3. The van der Waals surface area contributed by atoms with Gasteiger partial charge in [0.2, 0.25) is 5.91 Å². The van der Waals surface area contributed by atoms with Crippen LogP contribution < -0.4 is 5.32 Å². The minimum Gasteiger partial charge on any atom is -0.323 e. The summed E-state index contributed by atoms with van der Waals surface area (Å²) in [6, 6.07) is 5.42. The van der Waals surface area contributed by atoms with Crippen LogP contribution in [0.1, 0.15) is 10.5 Å². The Morgan fingerprint density at radius 3 is 2.84 bits per heavy atom. The van der Waals surface area contributed by atoms with Crippen molar-refractivity contribution in [2.24, 2.45) is 0 Å². The molecule has 1 aromatic heterocycles. The second kappa shape index (κ2) is 6.07. The lowest BCUT2D eigenvalue weighted by Gasteiger charge is -2.07. The third-order valence-electron chi connectivity index (χ3n) is 2.19. The molecule has 1 aromatic carbocycles. The molecular weight excluding hydrogens is 380 g/mol. The Labute approximate surface area is 125 Å². The Balaban J connectivity index is 2.02. The molecular formula is C11H8Br2N4O2. The number of amides is 1. The van der Waals surface area contributed by atoms with Crippen molar-refractivity contribution in [3.63, 3.8) is 0 Å². The number of hydrogen-bond acceptors (Lipinski definition) is 4. The first-order chi connectivity index (χ1) is 9.08. The van der Waals surface area contributed by atoms with E-state index in [-0.39, 0.29) is 18.1 Å². The number of halogens is 2. The van der Waals surface area contributed by atoms with E-state index in [0.717, 1.165) is 8.95 Å². The van der Waals surface area contributed by atoms with Crippen LogP contribution in [0.15, 0.2) is 33.3 Å². The highest BCUT2D eigenvalue weighted by atomic mass is 79.9. The largest absolute Gasteiger partial charge is 0.323 e. The van der Waals surface area contributed by atoms with Crippen molar-refractivity contribution in [2.45, 2.75) is 6.54 Å². The summed E-state index contributed by atoms with van der Waals surface area (Å²) in [5, 5.41) is 9.96. The number of anilines is 1. The predicted octanol–water partition coefficient (Wildman–Crippen LogP) is 2.25. The highest BCUT2D eigenvalue weighted by Crippen LogP contribution is 2.26. The Bertz CT molecular complexity index is 627. The van der Waals surface area contributed by atoms with Crippen LogP contribution in [0, 0.1) is 0 Å². The second-order valence-electron chi connectivity index (χ2n) is 3.63. The van der Waals surface area contributed by atoms with Gasteiger partial charge in [-0.2, -0.15) is 0 Å². The molecule has 0 aliphatic carbocycles. The van der Waals surface area contributed by atoms with Crippen LogP contribution in [0.4, 0.5) is 5.69 Å². The van der Waals surface area contributed by atoms with E-state index in [2.05, 4.69) is 47.5 Å². The van der Waals surface area contributed by atoms with Gasteiger partial charge in [-0.25, -0.2) is 4.68 Å². The molecule has 6 nitrogen and oxygen atoms in total. The van der Waals surface area contributed by atoms with E-state index in [1.807, 2.05) is 12.1 Å². The number of carbonyl (C=O) groups is 2. The van der Waals surface area contributed by atoms with Crippen LogP contribution in [-0.4, -0.2) is 27.2 Å². The van der Waals surface area contributed by atoms with E-state index in [4.69, 9.17) is 0 Å². The SMILES string of the molecule is O=Cc1cn(CC(=O)Nc2ccc(Br)cc2Br)nn1. The summed E-state index contributed by atoms with van der Waals surface area (Å²) in [5.41, 5.74) is 0.849. The lowest BCUT2D eigenvalue weighted by molar-refractivity contribution is -0.116. The molecule has 0 radical (unpaired) electrons. The smallest absolute Gasteiger partial charge is 0.246 e. The Morgan fingerprint density at radius 1 is 1.42 bits per heavy atom. The number of aldehydes is 1. The van der Waals surface area contributed by atoms with E-state index < -0.39 is 0 Å². The molecule has 0 bridgehead atoms. The standard InChI is InChI=1S/C11H8Br2N4O2/c12-7-1-2-10(9(13)3-7)14-11(19)5-17-4-8(6-18)15-16-17/h1-4,6H,5H2,(H,14,19). The minimum absolute atomic E-state index is 0.0106. The van der Waals surface area contributed by atoms with Gasteiger partial charge < -0.3 is 5.32 Å². The summed E-state index contributed by atoms with van der Waals surface area (Å²) in [7, 11) is 0. The lowest BCUT2D eigenvalue weighted by Crippen LogP contribution is -2.19. The van der Waals surface area contributed by atoms with Crippen molar-refractivity contribution in [1.29, 1.82) is 0 Å². The van der Waals surface area contributed by atoms with Gasteiger partial charge in [0.1, 0.15) is 12.2 Å². The maximum Gasteiger partial charge on any atom is 0.246 e. The third-order valence-corrected chi connectivity index (χ3v) is 3.34. The van der Waals surface area contributed by atoms with Crippen LogP contribution in [0.5, 0.6) is 0 Å². The topological polar surface area (TPSA) is 76.9 Å². The predicted molar refractivity (Wildman–Crippen MR) is 75.9 cm³/mol. The van der Waals surface area contributed by atoms with Crippen LogP contribution >= 0.6 is 31.9 Å². The second-order valence-corrected chi connectivity index (χ2v) is 5.40. The molecule has 0 fully saturated rings. The summed E-state index contributed by atoms with van der Waals surface area (Å²) < 4.78 is 2.97. The van der Waals surface area contributed by atoms with Gasteiger partial charge >= 0.3 is 0 Å². The fourth-order valence-electron chi connectivity index (χ4n) is 1.37. The third kappa shape index (κ3) is 3.71. The zero-order chi connectivity index (χ0) is 13.8. The number of hydrogen-bond donors (Lipinski definition) is 1. The van der Waals surface area contributed by atoms with Crippen molar-refractivity contribution in [1.82, 2.24) is 15.0 Å². The average Bonchev–Trinajstić information content (AvgIpc) is 2.80. The maximum atomic E-state index is 11.8. The molecule has 19 heavy (non-hydrogen) atoms. The van der Waals surface area contributed by atoms with Gasteiger partial charge in [-0.3, -0.25) is 9.59 Å². The van der Waals surface area contributed by atoms with E-state index in [9.17, 15) is 9.59 Å². The zero-order valence-corrected chi connectivity index (χ0v) is 12.7. The fourth-order valence-corrected chi connectivity index (χ4v) is 2.52. The van der Waals surface area contributed by atoms with Crippen LogP contribution in [0.3, 0.4) is 0 Å². The number of aromatic nitrogens is 3. The molecule has 2 rings (SSSR count). The number of nitrogens with zero attached hydrogens (tertiary/aromatic N) is 3. The zero-order valence-electron chi connectivity index (χ0n) is 9.51. The number of benzene rings is 1. The van der Waals surface area contributed by atoms with Crippen LogP contribution in [0.25, 0.3) is 0 Å². The van der Waals surface area contributed by atoms with E-state index in [1.165, 1.54) is 10.9 Å². The normalized spacial score (nSPS) is 10.2. The first-order valence-corrected chi connectivity index (χ1v) is 6.77. The number of nitrogens with one attached hydrogen (secondary N) is 1. The average molecular weight is 388 g/mol. The molecule has 0 saturated heterocycles. The monoisotopic (exact) mass is 386 g/mol.